The van der Waals surface area contributed by atoms with Crippen molar-refractivity contribution in [2.24, 2.45) is 0 Å². The summed E-state index contributed by atoms with van der Waals surface area (Å²) in [6.45, 7) is 3.09. The zero-order valence-corrected chi connectivity index (χ0v) is 14.4. The van der Waals surface area contributed by atoms with Crippen LogP contribution >= 0.6 is 11.8 Å². The van der Waals surface area contributed by atoms with Gasteiger partial charge in [-0.3, -0.25) is 4.79 Å². The van der Waals surface area contributed by atoms with Crippen LogP contribution in [0.5, 0.6) is 0 Å². The first-order valence-electron chi connectivity index (χ1n) is 6.51. The molecule has 0 saturated heterocycles. The summed E-state index contributed by atoms with van der Waals surface area (Å²) in [6, 6.07) is 2.71. The van der Waals surface area contributed by atoms with E-state index in [9.17, 15) is 26.4 Å². The summed E-state index contributed by atoms with van der Waals surface area (Å²) in [5.41, 5.74) is -3.17. The number of alkyl halides is 3. The number of benzene rings is 1. The summed E-state index contributed by atoms with van der Waals surface area (Å²) in [6.07, 6.45) is 0. The molecule has 0 bridgehead atoms. The van der Waals surface area contributed by atoms with E-state index in [2.05, 4.69) is 10.0 Å². The maximum atomic E-state index is 12.0. The number of sulfonamides is 1. The molecule has 0 aromatic heterocycles. The summed E-state index contributed by atoms with van der Waals surface area (Å²) in [5, 5.41) is 2.34. The average molecular weight is 370 g/mol. The molecule has 0 aliphatic heterocycles. The second kappa shape index (κ2) is 7.54. The van der Waals surface area contributed by atoms with E-state index in [0.29, 0.717) is 11.1 Å². The Bertz CT molecular complexity index is 688. The highest BCUT2D eigenvalue weighted by molar-refractivity contribution is 8.00. The third-order valence-corrected chi connectivity index (χ3v) is 5.37. The van der Waals surface area contributed by atoms with Crippen LogP contribution in [0.3, 0.4) is 0 Å². The van der Waals surface area contributed by atoms with Crippen LogP contribution in [-0.4, -0.2) is 39.2 Å². The summed E-state index contributed by atoms with van der Waals surface area (Å²) in [7, 11) is -2.48. The molecule has 0 atom stereocenters. The molecule has 23 heavy (non-hydrogen) atoms. The predicted molar refractivity (Wildman–Crippen MR) is 83.0 cm³/mol. The maximum Gasteiger partial charge on any atom is 0.441 e. The first kappa shape index (κ1) is 19.8. The third kappa shape index (κ3) is 5.70. The van der Waals surface area contributed by atoms with Crippen LogP contribution in [0.1, 0.15) is 21.5 Å². The van der Waals surface area contributed by atoms with E-state index in [1.54, 1.807) is 13.8 Å². The molecule has 1 aromatic rings. The molecular formula is C13H17F3N2O3S2. The molecule has 1 aromatic carbocycles. The number of aryl methyl sites for hydroxylation is 1. The highest BCUT2D eigenvalue weighted by atomic mass is 32.2. The standard InChI is InChI=1S/C13H17F3N2O3S2/c1-8-6-10(7-11(9(8)2)23(20,21)17-3)12(19)18-4-5-22-13(14,15)16/h6-7,17H,4-5H2,1-3H3,(H,18,19). The fraction of sp³-hybridized carbons (Fsp3) is 0.462. The minimum absolute atomic E-state index is 0.0326. The number of carbonyl (C=O) groups excluding carboxylic acids is 1. The van der Waals surface area contributed by atoms with Gasteiger partial charge >= 0.3 is 5.51 Å². The van der Waals surface area contributed by atoms with Crippen LogP contribution in [-0.2, 0) is 10.0 Å². The Morgan fingerprint density at radius 2 is 1.87 bits per heavy atom. The molecule has 1 amide bonds. The van der Waals surface area contributed by atoms with Gasteiger partial charge in [-0.15, -0.1) is 0 Å². The van der Waals surface area contributed by atoms with Crippen LogP contribution in [0.2, 0.25) is 0 Å². The fourth-order valence-electron chi connectivity index (χ4n) is 1.78. The van der Waals surface area contributed by atoms with Crippen LogP contribution in [0.15, 0.2) is 17.0 Å². The summed E-state index contributed by atoms with van der Waals surface area (Å²) < 4.78 is 62.1. The van der Waals surface area contributed by atoms with Gasteiger partial charge in [-0.25, -0.2) is 13.1 Å². The van der Waals surface area contributed by atoms with Crippen LogP contribution < -0.4 is 10.0 Å². The molecule has 0 fully saturated rings. The van der Waals surface area contributed by atoms with Gasteiger partial charge in [0, 0.05) is 17.9 Å². The number of hydrogen-bond acceptors (Lipinski definition) is 4. The molecule has 0 heterocycles. The Kier molecular flexibility index (Phi) is 6.49. The quantitative estimate of drug-likeness (QED) is 0.753. The Labute approximate surface area is 137 Å². The van der Waals surface area contributed by atoms with Gasteiger partial charge in [-0.1, -0.05) is 0 Å². The minimum atomic E-state index is -4.35. The highest BCUT2D eigenvalue weighted by Gasteiger charge is 2.27. The smallest absolute Gasteiger partial charge is 0.351 e. The van der Waals surface area contributed by atoms with Crippen molar-refractivity contribution in [2.45, 2.75) is 24.3 Å². The minimum Gasteiger partial charge on any atom is -0.351 e. The SMILES string of the molecule is CNS(=O)(=O)c1cc(C(=O)NCCSC(F)(F)F)cc(C)c1C. The van der Waals surface area contributed by atoms with Crippen molar-refractivity contribution >= 4 is 27.7 Å². The number of rotatable bonds is 6. The monoisotopic (exact) mass is 370 g/mol. The number of hydrogen-bond donors (Lipinski definition) is 2. The Hall–Kier alpha value is -1.26. The molecule has 2 N–H and O–H groups in total. The molecule has 0 saturated carbocycles. The highest BCUT2D eigenvalue weighted by Crippen LogP contribution is 2.29. The van der Waals surface area contributed by atoms with Crippen molar-refractivity contribution in [1.29, 1.82) is 0 Å². The lowest BCUT2D eigenvalue weighted by atomic mass is 10.1. The summed E-state index contributed by atoms with van der Waals surface area (Å²) >= 11 is -0.233. The van der Waals surface area contributed by atoms with Gasteiger partial charge in [0.25, 0.3) is 5.91 Å². The number of thioether (sulfide) groups is 1. The van der Waals surface area contributed by atoms with Gasteiger partial charge in [0.15, 0.2) is 0 Å². The van der Waals surface area contributed by atoms with E-state index in [-0.39, 0.29) is 34.5 Å². The number of halogens is 3. The molecule has 0 spiro atoms. The lowest BCUT2D eigenvalue weighted by Crippen LogP contribution is -2.27. The molecule has 0 radical (unpaired) electrons. The molecule has 130 valence electrons. The lowest BCUT2D eigenvalue weighted by Gasteiger charge is -2.12. The molecule has 10 heteroatoms. The Balaban J connectivity index is 2.91. The van der Waals surface area contributed by atoms with Gasteiger partial charge in [0.05, 0.1) is 4.90 Å². The second-order valence-electron chi connectivity index (χ2n) is 4.67. The number of nitrogens with one attached hydrogen (secondary N) is 2. The van der Waals surface area contributed by atoms with Crippen molar-refractivity contribution in [3.05, 3.63) is 28.8 Å². The molecule has 5 nitrogen and oxygen atoms in total. The van der Waals surface area contributed by atoms with Crippen molar-refractivity contribution in [3.63, 3.8) is 0 Å². The van der Waals surface area contributed by atoms with E-state index < -0.39 is 21.4 Å². The predicted octanol–water partition coefficient (Wildman–Crippen LogP) is 2.19. The third-order valence-electron chi connectivity index (χ3n) is 3.09. The lowest BCUT2D eigenvalue weighted by molar-refractivity contribution is -0.0327. The zero-order valence-electron chi connectivity index (χ0n) is 12.7. The second-order valence-corrected chi connectivity index (χ2v) is 7.69. The van der Waals surface area contributed by atoms with Crippen molar-refractivity contribution < 1.29 is 26.4 Å². The van der Waals surface area contributed by atoms with Crippen LogP contribution in [0, 0.1) is 13.8 Å². The first-order chi connectivity index (χ1) is 10.5. The van der Waals surface area contributed by atoms with Crippen LogP contribution in [0.4, 0.5) is 13.2 Å². The van der Waals surface area contributed by atoms with Gasteiger partial charge in [-0.2, -0.15) is 13.2 Å². The van der Waals surface area contributed by atoms with Crippen molar-refractivity contribution in [2.75, 3.05) is 19.3 Å². The van der Waals surface area contributed by atoms with Crippen molar-refractivity contribution in [3.8, 4) is 0 Å². The van der Waals surface area contributed by atoms with E-state index in [1.165, 1.54) is 19.2 Å². The zero-order chi connectivity index (χ0) is 17.8. The average Bonchev–Trinajstić information content (AvgIpc) is 2.44. The van der Waals surface area contributed by atoms with Crippen molar-refractivity contribution in [1.82, 2.24) is 10.0 Å². The van der Waals surface area contributed by atoms with E-state index in [4.69, 9.17) is 0 Å². The van der Waals surface area contributed by atoms with E-state index >= 15 is 0 Å². The largest absolute Gasteiger partial charge is 0.441 e. The van der Waals surface area contributed by atoms with E-state index in [1.807, 2.05) is 0 Å². The number of carbonyl (C=O) groups is 1. The topological polar surface area (TPSA) is 75.3 Å². The summed E-state index contributed by atoms with van der Waals surface area (Å²) in [5.74, 6) is -0.940. The van der Waals surface area contributed by atoms with Gasteiger partial charge in [-0.05, 0) is 55.9 Å². The molecule has 0 unspecified atom stereocenters. The van der Waals surface area contributed by atoms with Gasteiger partial charge < -0.3 is 5.32 Å². The summed E-state index contributed by atoms with van der Waals surface area (Å²) in [4.78, 5) is 12.0. The molecule has 0 aliphatic rings. The Morgan fingerprint density at radius 1 is 1.26 bits per heavy atom. The normalized spacial score (nSPS) is 12.3. The Morgan fingerprint density at radius 3 is 2.39 bits per heavy atom. The molecular weight excluding hydrogens is 353 g/mol. The number of amides is 1. The van der Waals surface area contributed by atoms with Gasteiger partial charge in [0.2, 0.25) is 10.0 Å². The van der Waals surface area contributed by atoms with Crippen LogP contribution in [0.25, 0.3) is 0 Å². The first-order valence-corrected chi connectivity index (χ1v) is 8.98. The van der Waals surface area contributed by atoms with E-state index in [0.717, 1.165) is 0 Å². The van der Waals surface area contributed by atoms with Gasteiger partial charge in [0.1, 0.15) is 0 Å². The molecule has 1 rings (SSSR count). The maximum absolute atomic E-state index is 12.0. The molecule has 0 aliphatic carbocycles. The fourth-order valence-corrected chi connectivity index (χ4v) is 3.28.